The highest BCUT2D eigenvalue weighted by Gasteiger charge is 2.29. The molecule has 2 aliphatic rings. The van der Waals surface area contributed by atoms with E-state index in [9.17, 15) is 9.18 Å². The average Bonchev–Trinajstić information content (AvgIpc) is 2.73. The number of alkyl halides is 1. The van der Waals surface area contributed by atoms with E-state index in [0.717, 1.165) is 5.82 Å². The van der Waals surface area contributed by atoms with Gasteiger partial charge in [0.2, 0.25) is 5.88 Å². The monoisotopic (exact) mass is 402 g/mol. The van der Waals surface area contributed by atoms with Crippen molar-refractivity contribution in [3.05, 3.63) is 35.8 Å². The highest BCUT2D eigenvalue weighted by atomic mass is 19.1. The molecular formula is C20H27FN6O2. The molecule has 1 fully saturated rings. The number of carbonyl (C=O) groups is 1. The minimum atomic E-state index is -1.22. The number of aromatic nitrogens is 2. The van der Waals surface area contributed by atoms with Crippen LogP contribution in [0.4, 0.5) is 10.2 Å². The molecule has 156 valence electrons. The van der Waals surface area contributed by atoms with Gasteiger partial charge in [-0.15, -0.1) is 0 Å². The first-order valence-corrected chi connectivity index (χ1v) is 9.74. The van der Waals surface area contributed by atoms with Crippen molar-refractivity contribution in [2.45, 2.75) is 26.4 Å². The zero-order valence-corrected chi connectivity index (χ0v) is 16.8. The lowest BCUT2D eigenvalue weighted by atomic mass is 9.96. The van der Waals surface area contributed by atoms with Crippen molar-refractivity contribution in [2.24, 2.45) is 11.7 Å². The summed E-state index contributed by atoms with van der Waals surface area (Å²) in [6, 6.07) is 1.79. The average molecular weight is 402 g/mol. The van der Waals surface area contributed by atoms with Crippen LogP contribution in [0, 0.1) is 11.3 Å². The molecule has 0 saturated carbocycles. The van der Waals surface area contributed by atoms with E-state index in [1.54, 1.807) is 11.0 Å². The summed E-state index contributed by atoms with van der Waals surface area (Å²) in [5, 5.41) is 8.19. The molecule has 1 aromatic rings. The number of rotatable bonds is 6. The Kier molecular flexibility index (Phi) is 6.46. The van der Waals surface area contributed by atoms with Gasteiger partial charge in [0.15, 0.2) is 0 Å². The first-order valence-electron chi connectivity index (χ1n) is 9.74. The van der Waals surface area contributed by atoms with Gasteiger partial charge >= 0.3 is 0 Å². The van der Waals surface area contributed by atoms with Crippen LogP contribution in [0.1, 0.15) is 20.3 Å². The first kappa shape index (κ1) is 20.8. The lowest BCUT2D eigenvalue weighted by molar-refractivity contribution is -0.124. The molecule has 1 amide bonds. The van der Waals surface area contributed by atoms with E-state index >= 15 is 0 Å². The third kappa shape index (κ3) is 5.10. The van der Waals surface area contributed by atoms with Crippen molar-refractivity contribution in [3.63, 3.8) is 0 Å². The lowest BCUT2D eigenvalue weighted by Gasteiger charge is -2.35. The zero-order valence-electron chi connectivity index (χ0n) is 16.8. The van der Waals surface area contributed by atoms with Gasteiger partial charge in [-0.2, -0.15) is 0 Å². The van der Waals surface area contributed by atoms with Gasteiger partial charge in [0.25, 0.3) is 5.91 Å². The highest BCUT2D eigenvalue weighted by molar-refractivity contribution is 6.44. The number of piperazine rings is 1. The van der Waals surface area contributed by atoms with Crippen LogP contribution in [0.5, 0.6) is 5.88 Å². The number of allylic oxidation sites excluding steroid dienone is 2. The molecule has 0 bridgehead atoms. The van der Waals surface area contributed by atoms with Gasteiger partial charge in [0, 0.05) is 49.9 Å². The van der Waals surface area contributed by atoms with E-state index in [1.807, 2.05) is 4.90 Å². The van der Waals surface area contributed by atoms with Crippen LogP contribution in [0.15, 0.2) is 35.8 Å². The normalized spacial score (nSPS) is 19.7. The Hall–Kier alpha value is -2.97. The molecular weight excluding hydrogens is 375 g/mol. The van der Waals surface area contributed by atoms with Crippen molar-refractivity contribution in [1.29, 1.82) is 5.41 Å². The second kappa shape index (κ2) is 9.02. The summed E-state index contributed by atoms with van der Waals surface area (Å²) in [7, 11) is 0. The van der Waals surface area contributed by atoms with Crippen LogP contribution in [-0.2, 0) is 4.79 Å². The molecule has 1 unspecified atom stereocenters. The van der Waals surface area contributed by atoms with Crippen molar-refractivity contribution in [1.82, 2.24) is 14.9 Å². The van der Waals surface area contributed by atoms with Crippen LogP contribution < -0.4 is 15.4 Å². The Morgan fingerprint density at radius 1 is 1.34 bits per heavy atom. The van der Waals surface area contributed by atoms with Crippen LogP contribution in [-0.4, -0.2) is 65.4 Å². The molecule has 1 saturated heterocycles. The van der Waals surface area contributed by atoms with Crippen molar-refractivity contribution >= 4 is 17.4 Å². The summed E-state index contributed by atoms with van der Waals surface area (Å²) >= 11 is 0. The molecule has 9 heteroatoms. The van der Waals surface area contributed by atoms with Crippen molar-refractivity contribution in [2.75, 3.05) is 37.7 Å². The summed E-state index contributed by atoms with van der Waals surface area (Å²) in [4.78, 5) is 24.8. The molecule has 1 aliphatic carbocycles. The van der Waals surface area contributed by atoms with Crippen molar-refractivity contribution < 1.29 is 13.9 Å². The Bertz CT molecular complexity index is 830. The molecule has 2 heterocycles. The molecule has 0 radical (unpaired) electrons. The van der Waals surface area contributed by atoms with E-state index in [4.69, 9.17) is 15.9 Å². The minimum Gasteiger partial charge on any atom is -0.477 e. The van der Waals surface area contributed by atoms with Crippen LogP contribution in [0.25, 0.3) is 0 Å². The van der Waals surface area contributed by atoms with Crippen molar-refractivity contribution in [3.8, 4) is 5.88 Å². The Balaban J connectivity index is 1.59. The number of anilines is 1. The smallest absolute Gasteiger partial charge is 0.272 e. The van der Waals surface area contributed by atoms with Gasteiger partial charge < -0.3 is 20.3 Å². The molecule has 3 rings (SSSR count). The SMILES string of the molecule is CC(C)COc1cc(N2CCN(C(=O)C(=N)C3=C(N)C=CC(F)C3)CC2)ncn1. The fourth-order valence-electron chi connectivity index (χ4n) is 3.20. The molecule has 1 atom stereocenters. The molecule has 0 spiro atoms. The van der Waals surface area contributed by atoms with Gasteiger partial charge in [-0.1, -0.05) is 13.8 Å². The fourth-order valence-corrected chi connectivity index (χ4v) is 3.20. The van der Waals surface area contributed by atoms with Gasteiger partial charge in [-0.25, -0.2) is 14.4 Å². The second-order valence-corrected chi connectivity index (χ2v) is 7.59. The number of carbonyl (C=O) groups excluding carboxylic acids is 1. The highest BCUT2D eigenvalue weighted by Crippen LogP contribution is 2.22. The third-order valence-electron chi connectivity index (χ3n) is 4.83. The summed E-state index contributed by atoms with van der Waals surface area (Å²) in [5.74, 6) is 1.24. The van der Waals surface area contributed by atoms with E-state index in [0.29, 0.717) is 44.6 Å². The molecule has 1 aliphatic heterocycles. The maximum atomic E-state index is 13.6. The van der Waals surface area contributed by atoms with E-state index in [1.165, 1.54) is 18.5 Å². The number of nitrogens with one attached hydrogen (secondary N) is 1. The standard InChI is InChI=1S/C20H27FN6O2/c1-13(2)11-29-18-10-17(24-12-25-18)26-5-7-27(8-6-26)20(28)19(23)15-9-14(21)3-4-16(15)22/h3-4,10,12-14,23H,5-9,11,22H2,1-2H3. The first-order chi connectivity index (χ1) is 13.8. The van der Waals surface area contributed by atoms with Gasteiger partial charge in [0.1, 0.15) is 24.0 Å². The zero-order chi connectivity index (χ0) is 21.0. The molecule has 0 aromatic carbocycles. The maximum absolute atomic E-state index is 13.6. The van der Waals surface area contributed by atoms with Crippen LogP contribution in [0.3, 0.4) is 0 Å². The largest absolute Gasteiger partial charge is 0.477 e. The predicted octanol–water partition coefficient (Wildman–Crippen LogP) is 1.69. The van der Waals surface area contributed by atoms with Gasteiger partial charge in [0.05, 0.1) is 6.61 Å². The number of nitrogens with zero attached hydrogens (tertiary/aromatic N) is 4. The van der Waals surface area contributed by atoms with E-state index in [-0.39, 0.29) is 23.4 Å². The summed E-state index contributed by atoms with van der Waals surface area (Å²) in [6.45, 7) is 6.73. The Labute approximate surface area is 169 Å². The number of nitrogens with two attached hydrogens (primary N) is 1. The summed E-state index contributed by atoms with van der Waals surface area (Å²) in [5.41, 5.74) is 6.17. The minimum absolute atomic E-state index is 0.0348. The fraction of sp³-hybridized carbons (Fsp3) is 0.500. The Morgan fingerprint density at radius 3 is 2.76 bits per heavy atom. The summed E-state index contributed by atoms with van der Waals surface area (Å²) < 4.78 is 19.3. The number of hydrogen-bond donors (Lipinski definition) is 2. The van der Waals surface area contributed by atoms with E-state index in [2.05, 4.69) is 23.8 Å². The maximum Gasteiger partial charge on any atom is 0.272 e. The topological polar surface area (TPSA) is 108 Å². The van der Waals surface area contributed by atoms with Gasteiger partial charge in [-0.05, 0) is 18.1 Å². The van der Waals surface area contributed by atoms with Gasteiger partial charge in [-0.3, -0.25) is 10.2 Å². The molecule has 1 aromatic heterocycles. The molecule has 8 nitrogen and oxygen atoms in total. The molecule has 3 N–H and O–H groups in total. The Morgan fingerprint density at radius 2 is 2.07 bits per heavy atom. The number of amides is 1. The number of ether oxygens (including phenoxy) is 1. The predicted molar refractivity (Wildman–Crippen MR) is 109 cm³/mol. The van der Waals surface area contributed by atoms with E-state index < -0.39 is 12.1 Å². The number of hydrogen-bond acceptors (Lipinski definition) is 7. The van der Waals surface area contributed by atoms with Crippen LogP contribution >= 0.6 is 0 Å². The molecule has 29 heavy (non-hydrogen) atoms. The third-order valence-corrected chi connectivity index (χ3v) is 4.83. The summed E-state index contributed by atoms with van der Waals surface area (Å²) in [6.07, 6.45) is 2.99. The number of halogens is 1. The van der Waals surface area contributed by atoms with Crippen LogP contribution in [0.2, 0.25) is 0 Å². The lowest BCUT2D eigenvalue weighted by Crippen LogP contribution is -2.51. The quantitative estimate of drug-likeness (QED) is 0.701. The second-order valence-electron chi connectivity index (χ2n) is 7.59.